The van der Waals surface area contributed by atoms with E-state index in [1.165, 1.54) is 10.9 Å². The van der Waals surface area contributed by atoms with Gasteiger partial charge in [-0.1, -0.05) is 0 Å². The van der Waals surface area contributed by atoms with Crippen molar-refractivity contribution in [1.82, 2.24) is 9.78 Å². The van der Waals surface area contributed by atoms with E-state index in [1.807, 2.05) is 13.0 Å². The van der Waals surface area contributed by atoms with Crippen LogP contribution in [0.3, 0.4) is 0 Å². The van der Waals surface area contributed by atoms with Gasteiger partial charge in [0.05, 0.1) is 6.54 Å². The standard InChI is InChI=1S/C11H12F3N3S/c1-7-8(4-9(5-15)18-7)6-17-3-2-10(16-17)11(12,13)14/h2-4H,5-6,15H2,1H3. The van der Waals surface area contributed by atoms with E-state index in [-0.39, 0.29) is 0 Å². The van der Waals surface area contributed by atoms with E-state index in [0.717, 1.165) is 21.4 Å². The summed E-state index contributed by atoms with van der Waals surface area (Å²) in [6.07, 6.45) is -3.06. The van der Waals surface area contributed by atoms with Gasteiger partial charge in [-0.2, -0.15) is 18.3 Å². The highest BCUT2D eigenvalue weighted by Crippen LogP contribution is 2.28. The van der Waals surface area contributed by atoms with E-state index in [9.17, 15) is 13.2 Å². The molecule has 0 saturated carbocycles. The smallest absolute Gasteiger partial charge is 0.326 e. The Hall–Kier alpha value is -1.34. The predicted octanol–water partition coefficient (Wildman–Crippen LogP) is 2.78. The summed E-state index contributed by atoms with van der Waals surface area (Å²) in [5.41, 5.74) is 5.62. The molecule has 0 bridgehead atoms. The van der Waals surface area contributed by atoms with Gasteiger partial charge in [-0.05, 0) is 24.6 Å². The molecule has 18 heavy (non-hydrogen) atoms. The van der Waals surface area contributed by atoms with Gasteiger partial charge in [0, 0.05) is 22.5 Å². The first-order chi connectivity index (χ1) is 8.40. The van der Waals surface area contributed by atoms with Crippen molar-refractivity contribution in [2.24, 2.45) is 5.73 Å². The van der Waals surface area contributed by atoms with Crippen LogP contribution >= 0.6 is 11.3 Å². The zero-order valence-corrected chi connectivity index (χ0v) is 10.5. The monoisotopic (exact) mass is 275 g/mol. The fourth-order valence-electron chi connectivity index (χ4n) is 1.62. The number of nitrogens with two attached hydrogens (primary N) is 1. The number of hydrogen-bond acceptors (Lipinski definition) is 3. The zero-order valence-electron chi connectivity index (χ0n) is 9.66. The molecule has 0 aromatic carbocycles. The fraction of sp³-hybridized carbons (Fsp3) is 0.364. The van der Waals surface area contributed by atoms with Gasteiger partial charge in [-0.15, -0.1) is 11.3 Å². The van der Waals surface area contributed by atoms with Crippen molar-refractivity contribution in [1.29, 1.82) is 0 Å². The Bertz CT molecular complexity index is 542. The number of hydrogen-bond donors (Lipinski definition) is 1. The summed E-state index contributed by atoms with van der Waals surface area (Å²) in [5, 5.41) is 3.52. The Balaban J connectivity index is 2.18. The lowest BCUT2D eigenvalue weighted by Crippen LogP contribution is -2.08. The summed E-state index contributed by atoms with van der Waals surface area (Å²) in [4.78, 5) is 2.07. The van der Waals surface area contributed by atoms with Crippen LogP contribution in [0.15, 0.2) is 18.3 Å². The average molecular weight is 275 g/mol. The molecule has 0 unspecified atom stereocenters. The summed E-state index contributed by atoms with van der Waals surface area (Å²) in [6.45, 7) is 2.70. The topological polar surface area (TPSA) is 43.8 Å². The first-order valence-electron chi connectivity index (χ1n) is 5.29. The van der Waals surface area contributed by atoms with E-state index in [4.69, 9.17) is 5.73 Å². The Morgan fingerprint density at radius 1 is 1.44 bits per heavy atom. The van der Waals surface area contributed by atoms with Crippen molar-refractivity contribution < 1.29 is 13.2 Å². The number of rotatable bonds is 3. The molecule has 98 valence electrons. The second-order valence-corrected chi connectivity index (χ2v) is 5.24. The van der Waals surface area contributed by atoms with Crippen LogP contribution in [0.4, 0.5) is 13.2 Å². The maximum absolute atomic E-state index is 12.4. The van der Waals surface area contributed by atoms with E-state index < -0.39 is 11.9 Å². The van der Waals surface area contributed by atoms with Crippen molar-refractivity contribution in [2.45, 2.75) is 26.2 Å². The molecule has 0 aliphatic carbocycles. The SMILES string of the molecule is Cc1sc(CN)cc1Cn1ccc(C(F)(F)F)n1. The van der Waals surface area contributed by atoms with Crippen LogP contribution in [0, 0.1) is 6.92 Å². The highest BCUT2D eigenvalue weighted by Gasteiger charge is 2.33. The molecule has 7 heteroatoms. The van der Waals surface area contributed by atoms with E-state index in [2.05, 4.69) is 5.10 Å². The molecule has 0 radical (unpaired) electrons. The van der Waals surface area contributed by atoms with Gasteiger partial charge in [0.25, 0.3) is 0 Å². The summed E-state index contributed by atoms with van der Waals surface area (Å²) in [5.74, 6) is 0. The zero-order chi connectivity index (χ0) is 13.3. The normalized spacial score (nSPS) is 12.1. The van der Waals surface area contributed by atoms with Gasteiger partial charge in [0.15, 0.2) is 5.69 Å². The second-order valence-electron chi connectivity index (χ2n) is 3.89. The van der Waals surface area contributed by atoms with Crippen molar-refractivity contribution in [2.75, 3.05) is 0 Å². The van der Waals surface area contributed by atoms with Gasteiger partial charge in [-0.3, -0.25) is 4.68 Å². The third-order valence-electron chi connectivity index (χ3n) is 2.54. The molecule has 2 aromatic heterocycles. The lowest BCUT2D eigenvalue weighted by atomic mass is 10.2. The highest BCUT2D eigenvalue weighted by atomic mass is 32.1. The minimum absolute atomic E-state index is 0.332. The van der Waals surface area contributed by atoms with Crippen molar-refractivity contribution in [3.8, 4) is 0 Å². The third kappa shape index (κ3) is 2.73. The van der Waals surface area contributed by atoms with E-state index in [0.29, 0.717) is 13.1 Å². The van der Waals surface area contributed by atoms with Crippen LogP contribution in [-0.2, 0) is 19.3 Å². The minimum atomic E-state index is -4.39. The summed E-state index contributed by atoms with van der Waals surface area (Å²) in [6, 6.07) is 2.89. The molecule has 0 fully saturated rings. The summed E-state index contributed by atoms with van der Waals surface area (Å²) in [7, 11) is 0. The Morgan fingerprint density at radius 3 is 2.67 bits per heavy atom. The molecule has 2 aromatic rings. The molecule has 2 N–H and O–H groups in total. The number of nitrogens with zero attached hydrogens (tertiary/aromatic N) is 2. The first-order valence-corrected chi connectivity index (χ1v) is 6.10. The van der Waals surface area contributed by atoms with E-state index >= 15 is 0 Å². The number of aryl methyl sites for hydroxylation is 1. The molecular formula is C11H12F3N3S. The lowest BCUT2D eigenvalue weighted by molar-refractivity contribution is -0.141. The molecule has 0 amide bonds. The predicted molar refractivity (Wildman–Crippen MR) is 63.3 cm³/mol. The van der Waals surface area contributed by atoms with Crippen LogP contribution in [0.2, 0.25) is 0 Å². The van der Waals surface area contributed by atoms with Crippen LogP contribution in [-0.4, -0.2) is 9.78 Å². The molecule has 0 spiro atoms. The molecule has 0 atom stereocenters. The van der Waals surface area contributed by atoms with Crippen molar-refractivity contribution in [3.05, 3.63) is 39.3 Å². The van der Waals surface area contributed by atoms with Gasteiger partial charge in [-0.25, -0.2) is 0 Å². The van der Waals surface area contributed by atoms with Crippen molar-refractivity contribution >= 4 is 11.3 Å². The molecule has 2 rings (SSSR count). The third-order valence-corrected chi connectivity index (χ3v) is 3.65. The Morgan fingerprint density at radius 2 is 2.17 bits per heavy atom. The molecular weight excluding hydrogens is 263 g/mol. The largest absolute Gasteiger partial charge is 0.435 e. The highest BCUT2D eigenvalue weighted by molar-refractivity contribution is 7.12. The van der Waals surface area contributed by atoms with Crippen LogP contribution in [0.5, 0.6) is 0 Å². The maximum atomic E-state index is 12.4. The molecule has 3 nitrogen and oxygen atoms in total. The average Bonchev–Trinajstić information content (AvgIpc) is 2.86. The van der Waals surface area contributed by atoms with Crippen molar-refractivity contribution in [3.63, 3.8) is 0 Å². The van der Waals surface area contributed by atoms with Crippen LogP contribution < -0.4 is 5.73 Å². The molecule has 2 heterocycles. The second kappa shape index (κ2) is 4.74. The Kier molecular flexibility index (Phi) is 3.45. The molecule has 0 aliphatic heterocycles. The van der Waals surface area contributed by atoms with Crippen LogP contribution in [0.25, 0.3) is 0 Å². The van der Waals surface area contributed by atoms with E-state index in [1.54, 1.807) is 11.3 Å². The number of alkyl halides is 3. The van der Waals surface area contributed by atoms with Gasteiger partial charge >= 0.3 is 6.18 Å². The van der Waals surface area contributed by atoms with Gasteiger partial charge in [0.1, 0.15) is 0 Å². The molecule has 0 aliphatic rings. The summed E-state index contributed by atoms with van der Waals surface area (Å²) >= 11 is 1.56. The minimum Gasteiger partial charge on any atom is -0.326 e. The first kappa shape index (κ1) is 13.1. The van der Waals surface area contributed by atoms with Gasteiger partial charge in [0.2, 0.25) is 0 Å². The summed E-state index contributed by atoms with van der Waals surface area (Å²) < 4.78 is 38.5. The Labute approximate surface area is 106 Å². The number of halogens is 3. The van der Waals surface area contributed by atoms with Crippen LogP contribution in [0.1, 0.15) is 21.0 Å². The maximum Gasteiger partial charge on any atom is 0.435 e. The fourth-order valence-corrected chi connectivity index (χ4v) is 2.55. The number of thiophene rings is 1. The van der Waals surface area contributed by atoms with Gasteiger partial charge < -0.3 is 5.73 Å². The lowest BCUT2D eigenvalue weighted by Gasteiger charge is -2.02. The molecule has 0 saturated heterocycles. The quantitative estimate of drug-likeness (QED) is 0.936. The number of aromatic nitrogens is 2.